The molecule has 0 spiro atoms. The molecule has 0 heterocycles. The van der Waals surface area contributed by atoms with Gasteiger partial charge in [0, 0.05) is 11.3 Å². The molecule has 4 heteroatoms. The monoisotopic (exact) mass is 319 g/mol. The molecule has 4 nitrogen and oxygen atoms in total. The third-order valence-electron chi connectivity index (χ3n) is 4.50. The van der Waals surface area contributed by atoms with Gasteiger partial charge in [-0.25, -0.2) is 0 Å². The van der Waals surface area contributed by atoms with Crippen LogP contribution < -0.4 is 10.6 Å². The number of benzene rings is 2. The fraction of sp³-hybridized carbons (Fsp3) is 0.300. The van der Waals surface area contributed by atoms with E-state index in [1.165, 1.54) is 0 Å². The normalized spacial score (nSPS) is 15.5. The molecule has 3 rings (SSSR count). The van der Waals surface area contributed by atoms with Crippen molar-refractivity contribution < 1.29 is 4.79 Å². The Morgan fingerprint density at radius 1 is 1.04 bits per heavy atom. The van der Waals surface area contributed by atoms with E-state index in [9.17, 15) is 10.1 Å². The molecular weight excluding hydrogens is 298 g/mol. The van der Waals surface area contributed by atoms with Crippen molar-refractivity contribution in [2.45, 2.75) is 31.2 Å². The summed E-state index contributed by atoms with van der Waals surface area (Å²) in [5, 5.41) is 15.5. The van der Waals surface area contributed by atoms with Gasteiger partial charge in [-0.3, -0.25) is 4.79 Å². The van der Waals surface area contributed by atoms with E-state index < -0.39 is 5.54 Å². The SMILES string of the molecule is N#CC1(NC(=O)CNc2ccccc2-c2ccccc2)CCCC1. The first-order chi connectivity index (χ1) is 11.7. The van der Waals surface area contributed by atoms with E-state index in [-0.39, 0.29) is 12.5 Å². The molecule has 0 bridgehead atoms. The number of carbonyl (C=O) groups is 1. The zero-order chi connectivity index (χ0) is 16.8. The van der Waals surface area contributed by atoms with Gasteiger partial charge in [0.05, 0.1) is 12.6 Å². The van der Waals surface area contributed by atoms with Gasteiger partial charge in [-0.05, 0) is 37.3 Å². The molecule has 0 saturated heterocycles. The molecule has 1 aliphatic carbocycles. The summed E-state index contributed by atoms with van der Waals surface area (Å²) in [6.45, 7) is 0.160. The van der Waals surface area contributed by atoms with Crippen LogP contribution in [0.2, 0.25) is 0 Å². The summed E-state index contributed by atoms with van der Waals surface area (Å²) < 4.78 is 0. The second kappa shape index (κ2) is 7.18. The highest BCUT2D eigenvalue weighted by Crippen LogP contribution is 2.29. The van der Waals surface area contributed by atoms with E-state index in [0.717, 1.165) is 42.5 Å². The van der Waals surface area contributed by atoms with Crippen molar-refractivity contribution in [1.82, 2.24) is 5.32 Å². The summed E-state index contributed by atoms with van der Waals surface area (Å²) in [7, 11) is 0. The largest absolute Gasteiger partial charge is 0.376 e. The number of nitrogens with one attached hydrogen (secondary N) is 2. The van der Waals surface area contributed by atoms with Crippen molar-refractivity contribution in [1.29, 1.82) is 5.26 Å². The molecule has 0 unspecified atom stereocenters. The lowest BCUT2D eigenvalue weighted by atomic mass is 10.00. The van der Waals surface area contributed by atoms with Gasteiger partial charge >= 0.3 is 0 Å². The van der Waals surface area contributed by atoms with E-state index in [1.54, 1.807) is 0 Å². The van der Waals surface area contributed by atoms with Crippen molar-refractivity contribution in [3.8, 4) is 17.2 Å². The van der Waals surface area contributed by atoms with Crippen molar-refractivity contribution in [3.05, 3.63) is 54.6 Å². The Morgan fingerprint density at radius 2 is 1.71 bits per heavy atom. The zero-order valence-electron chi connectivity index (χ0n) is 13.6. The van der Waals surface area contributed by atoms with Crippen LogP contribution in [-0.4, -0.2) is 18.0 Å². The Balaban J connectivity index is 1.67. The van der Waals surface area contributed by atoms with Crippen LogP contribution in [0.1, 0.15) is 25.7 Å². The number of nitrogens with zero attached hydrogens (tertiary/aromatic N) is 1. The molecule has 1 fully saturated rings. The number of hydrogen-bond donors (Lipinski definition) is 2. The van der Waals surface area contributed by atoms with E-state index in [1.807, 2.05) is 54.6 Å². The van der Waals surface area contributed by atoms with Crippen LogP contribution in [0.5, 0.6) is 0 Å². The smallest absolute Gasteiger partial charge is 0.240 e. The fourth-order valence-corrected chi connectivity index (χ4v) is 3.24. The number of amides is 1. The maximum absolute atomic E-state index is 12.3. The molecule has 2 N–H and O–H groups in total. The average Bonchev–Trinajstić information content (AvgIpc) is 3.10. The van der Waals surface area contributed by atoms with Crippen LogP contribution in [0, 0.1) is 11.3 Å². The van der Waals surface area contributed by atoms with Gasteiger partial charge in [-0.1, -0.05) is 48.5 Å². The third-order valence-corrected chi connectivity index (χ3v) is 4.50. The van der Waals surface area contributed by atoms with Crippen LogP contribution >= 0.6 is 0 Å². The molecule has 1 aliphatic rings. The number of carbonyl (C=O) groups excluding carboxylic acids is 1. The first-order valence-electron chi connectivity index (χ1n) is 8.33. The van der Waals surface area contributed by atoms with Gasteiger partial charge in [-0.2, -0.15) is 5.26 Å². The molecule has 122 valence electrons. The predicted octanol–water partition coefficient (Wildman–Crippen LogP) is 3.72. The highest BCUT2D eigenvalue weighted by atomic mass is 16.2. The summed E-state index contributed by atoms with van der Waals surface area (Å²) in [4.78, 5) is 12.3. The molecular formula is C20H21N3O. The van der Waals surface area contributed by atoms with Crippen molar-refractivity contribution in [2.24, 2.45) is 0 Å². The lowest BCUT2D eigenvalue weighted by molar-refractivity contribution is -0.120. The second-order valence-corrected chi connectivity index (χ2v) is 6.21. The molecule has 0 aromatic heterocycles. The van der Waals surface area contributed by atoms with Gasteiger partial charge in [0.25, 0.3) is 0 Å². The Bertz CT molecular complexity index is 743. The number of nitriles is 1. The Hall–Kier alpha value is -2.80. The first kappa shape index (κ1) is 16.1. The second-order valence-electron chi connectivity index (χ2n) is 6.21. The molecule has 1 saturated carbocycles. The highest BCUT2D eigenvalue weighted by molar-refractivity contribution is 5.85. The standard InChI is InChI=1S/C20H21N3O/c21-15-20(12-6-7-13-20)23-19(24)14-22-18-11-5-4-10-17(18)16-8-2-1-3-9-16/h1-5,8-11,22H,6-7,12-14H2,(H,23,24). The summed E-state index contributed by atoms with van der Waals surface area (Å²) in [5.74, 6) is -0.138. The minimum absolute atomic E-state index is 0.138. The summed E-state index contributed by atoms with van der Waals surface area (Å²) in [5.41, 5.74) is 2.40. The third kappa shape index (κ3) is 3.57. The zero-order valence-corrected chi connectivity index (χ0v) is 13.6. The lowest BCUT2D eigenvalue weighted by Gasteiger charge is -2.22. The van der Waals surface area contributed by atoms with Gasteiger partial charge in [0.1, 0.15) is 5.54 Å². The van der Waals surface area contributed by atoms with E-state index in [0.29, 0.717) is 0 Å². The molecule has 2 aromatic carbocycles. The van der Waals surface area contributed by atoms with E-state index in [2.05, 4.69) is 16.7 Å². The fourth-order valence-electron chi connectivity index (χ4n) is 3.24. The predicted molar refractivity (Wildman–Crippen MR) is 95.3 cm³/mol. The Labute approximate surface area is 142 Å². The minimum atomic E-state index is -0.669. The highest BCUT2D eigenvalue weighted by Gasteiger charge is 2.35. The van der Waals surface area contributed by atoms with Crippen LogP contribution in [0.15, 0.2) is 54.6 Å². The maximum Gasteiger partial charge on any atom is 0.240 e. The summed E-state index contributed by atoms with van der Waals surface area (Å²) in [6, 6.07) is 20.3. The van der Waals surface area contributed by atoms with Crippen LogP contribution in [0.25, 0.3) is 11.1 Å². The number of rotatable bonds is 5. The molecule has 24 heavy (non-hydrogen) atoms. The van der Waals surface area contributed by atoms with Crippen LogP contribution in [0.4, 0.5) is 5.69 Å². The molecule has 0 radical (unpaired) electrons. The average molecular weight is 319 g/mol. The quantitative estimate of drug-likeness (QED) is 0.883. The van der Waals surface area contributed by atoms with Crippen molar-refractivity contribution >= 4 is 11.6 Å². The molecule has 0 aliphatic heterocycles. The molecule has 0 atom stereocenters. The first-order valence-corrected chi connectivity index (χ1v) is 8.33. The number of para-hydroxylation sites is 1. The van der Waals surface area contributed by atoms with Gasteiger partial charge < -0.3 is 10.6 Å². The topological polar surface area (TPSA) is 64.9 Å². The van der Waals surface area contributed by atoms with Gasteiger partial charge in [0.15, 0.2) is 0 Å². The maximum atomic E-state index is 12.3. The van der Waals surface area contributed by atoms with Crippen molar-refractivity contribution in [2.75, 3.05) is 11.9 Å². The Morgan fingerprint density at radius 3 is 2.42 bits per heavy atom. The van der Waals surface area contributed by atoms with Crippen molar-refractivity contribution in [3.63, 3.8) is 0 Å². The van der Waals surface area contributed by atoms with Gasteiger partial charge in [0.2, 0.25) is 5.91 Å². The van der Waals surface area contributed by atoms with Crippen LogP contribution in [0.3, 0.4) is 0 Å². The molecule has 1 amide bonds. The van der Waals surface area contributed by atoms with Gasteiger partial charge in [-0.15, -0.1) is 0 Å². The Kier molecular flexibility index (Phi) is 4.81. The summed E-state index contributed by atoms with van der Waals surface area (Å²) in [6.07, 6.45) is 3.49. The van der Waals surface area contributed by atoms with E-state index in [4.69, 9.17) is 0 Å². The lowest BCUT2D eigenvalue weighted by Crippen LogP contribution is -2.47. The van der Waals surface area contributed by atoms with Crippen LogP contribution in [-0.2, 0) is 4.79 Å². The van der Waals surface area contributed by atoms with E-state index >= 15 is 0 Å². The summed E-state index contributed by atoms with van der Waals surface area (Å²) >= 11 is 0. The number of anilines is 1. The minimum Gasteiger partial charge on any atom is -0.376 e. The number of hydrogen-bond acceptors (Lipinski definition) is 3. The molecule has 2 aromatic rings.